The molecular weight excluding hydrogens is 442 g/mol. The monoisotopic (exact) mass is 489 g/mol. The van der Waals surface area contributed by atoms with E-state index in [4.69, 9.17) is 9.47 Å². The molecule has 6 N–H and O–H groups in total. The van der Waals surface area contributed by atoms with E-state index in [1.807, 2.05) is 6.08 Å². The third-order valence-corrected chi connectivity index (χ3v) is 6.11. The first-order chi connectivity index (χ1) is 16.3. The van der Waals surface area contributed by atoms with E-state index < -0.39 is 49.5 Å². The standard InChI is InChI=1S/C25H47NO8/c1-3-5-7-9-11-13-15-21(29)26-18(19(28)14-12-10-8-6-4-2)17-33-25-24(32)23(31)22(30)20(16-27)34-25/h12,14,18-20,22-25,27-28,30-32H,3-11,13,15-17H2,1-2H3,(H,26,29)/b14-12+. The Kier molecular flexibility index (Phi) is 16.6. The Morgan fingerprint density at radius 2 is 1.62 bits per heavy atom. The molecule has 1 saturated heterocycles. The lowest BCUT2D eigenvalue weighted by molar-refractivity contribution is -0.302. The highest BCUT2D eigenvalue weighted by Gasteiger charge is 2.44. The molecule has 1 aliphatic heterocycles. The summed E-state index contributed by atoms with van der Waals surface area (Å²) >= 11 is 0. The fourth-order valence-electron chi connectivity index (χ4n) is 3.86. The molecule has 1 aliphatic rings. The van der Waals surface area contributed by atoms with Crippen LogP contribution in [-0.2, 0) is 14.3 Å². The molecule has 0 spiro atoms. The Morgan fingerprint density at radius 3 is 2.29 bits per heavy atom. The number of amides is 1. The van der Waals surface area contributed by atoms with Crippen LogP contribution < -0.4 is 5.32 Å². The minimum Gasteiger partial charge on any atom is -0.394 e. The smallest absolute Gasteiger partial charge is 0.220 e. The lowest BCUT2D eigenvalue weighted by atomic mass is 9.99. The number of aliphatic hydroxyl groups excluding tert-OH is 5. The zero-order chi connectivity index (χ0) is 25.3. The largest absolute Gasteiger partial charge is 0.394 e. The van der Waals surface area contributed by atoms with Gasteiger partial charge in [0, 0.05) is 6.42 Å². The molecule has 1 heterocycles. The first-order valence-corrected chi connectivity index (χ1v) is 12.9. The van der Waals surface area contributed by atoms with Crippen LogP contribution in [0.25, 0.3) is 0 Å². The van der Waals surface area contributed by atoms with Crippen molar-refractivity contribution in [3.63, 3.8) is 0 Å². The maximum Gasteiger partial charge on any atom is 0.220 e. The van der Waals surface area contributed by atoms with Gasteiger partial charge in [0.2, 0.25) is 5.91 Å². The summed E-state index contributed by atoms with van der Waals surface area (Å²) in [6, 6.07) is -0.789. The zero-order valence-corrected chi connectivity index (χ0v) is 20.8. The molecular formula is C25H47NO8. The Bertz CT molecular complexity index is 559. The average Bonchev–Trinajstić information content (AvgIpc) is 2.83. The van der Waals surface area contributed by atoms with Gasteiger partial charge in [-0.2, -0.15) is 0 Å². The number of rotatable bonds is 18. The van der Waals surface area contributed by atoms with Gasteiger partial charge in [-0.3, -0.25) is 4.79 Å². The van der Waals surface area contributed by atoms with Crippen molar-refractivity contribution in [1.29, 1.82) is 0 Å². The number of aliphatic hydroxyl groups is 5. The van der Waals surface area contributed by atoms with Gasteiger partial charge in [0.1, 0.15) is 24.4 Å². The highest BCUT2D eigenvalue weighted by atomic mass is 16.7. The van der Waals surface area contributed by atoms with Crippen molar-refractivity contribution < 1.29 is 39.8 Å². The van der Waals surface area contributed by atoms with E-state index in [0.717, 1.165) is 51.4 Å². The molecule has 1 fully saturated rings. The van der Waals surface area contributed by atoms with Gasteiger partial charge in [-0.1, -0.05) is 70.9 Å². The van der Waals surface area contributed by atoms with Crippen LogP contribution in [0.3, 0.4) is 0 Å². The maximum atomic E-state index is 12.5. The van der Waals surface area contributed by atoms with Gasteiger partial charge in [0.25, 0.3) is 0 Å². The van der Waals surface area contributed by atoms with Gasteiger partial charge in [-0.05, 0) is 19.3 Å². The maximum absolute atomic E-state index is 12.5. The molecule has 0 saturated carbocycles. The second-order valence-corrected chi connectivity index (χ2v) is 9.14. The minimum absolute atomic E-state index is 0.189. The van der Waals surface area contributed by atoms with E-state index in [9.17, 15) is 30.3 Å². The van der Waals surface area contributed by atoms with Crippen LogP contribution in [0.4, 0.5) is 0 Å². The summed E-state index contributed by atoms with van der Waals surface area (Å²) in [6.07, 6.45) is 6.21. The molecule has 0 aromatic heterocycles. The molecule has 0 aromatic rings. The van der Waals surface area contributed by atoms with E-state index in [1.165, 1.54) is 12.8 Å². The van der Waals surface area contributed by atoms with Gasteiger partial charge in [-0.15, -0.1) is 0 Å². The number of allylic oxidation sites excluding steroid dienone is 1. The predicted octanol–water partition coefficient (Wildman–Crippen LogP) is 1.54. The number of hydrogen-bond acceptors (Lipinski definition) is 8. The molecule has 1 rings (SSSR count). The van der Waals surface area contributed by atoms with Gasteiger partial charge in [-0.25, -0.2) is 0 Å². The summed E-state index contributed by atoms with van der Waals surface area (Å²) in [5, 5.41) is 52.8. The lowest BCUT2D eigenvalue weighted by Gasteiger charge is -2.40. The third kappa shape index (κ3) is 11.6. The fourth-order valence-corrected chi connectivity index (χ4v) is 3.86. The van der Waals surface area contributed by atoms with Gasteiger partial charge in [0.15, 0.2) is 6.29 Å². The molecule has 0 aromatic carbocycles. The molecule has 9 heteroatoms. The molecule has 7 unspecified atom stereocenters. The molecule has 34 heavy (non-hydrogen) atoms. The van der Waals surface area contributed by atoms with Gasteiger partial charge >= 0.3 is 0 Å². The van der Waals surface area contributed by atoms with E-state index in [2.05, 4.69) is 19.2 Å². The molecule has 0 radical (unpaired) electrons. The van der Waals surface area contributed by atoms with E-state index in [1.54, 1.807) is 6.08 Å². The number of nitrogens with one attached hydrogen (secondary N) is 1. The highest BCUT2D eigenvalue weighted by Crippen LogP contribution is 2.22. The van der Waals surface area contributed by atoms with Crippen LogP contribution >= 0.6 is 0 Å². The number of ether oxygens (including phenoxy) is 2. The molecule has 0 aliphatic carbocycles. The lowest BCUT2D eigenvalue weighted by Crippen LogP contribution is -2.60. The first kappa shape index (κ1) is 31.0. The fraction of sp³-hybridized carbons (Fsp3) is 0.880. The van der Waals surface area contributed by atoms with Crippen LogP contribution in [0.15, 0.2) is 12.2 Å². The van der Waals surface area contributed by atoms with Crippen molar-refractivity contribution >= 4 is 5.91 Å². The van der Waals surface area contributed by atoms with Crippen LogP contribution in [0, 0.1) is 0 Å². The number of unbranched alkanes of at least 4 members (excludes halogenated alkanes) is 8. The Hall–Kier alpha value is -1.07. The predicted molar refractivity (Wildman–Crippen MR) is 129 cm³/mol. The highest BCUT2D eigenvalue weighted by molar-refractivity contribution is 5.76. The number of carbonyl (C=O) groups is 1. The molecule has 200 valence electrons. The van der Waals surface area contributed by atoms with Crippen LogP contribution in [0.2, 0.25) is 0 Å². The quantitative estimate of drug-likeness (QED) is 0.125. The van der Waals surface area contributed by atoms with Crippen molar-refractivity contribution in [3.05, 3.63) is 12.2 Å². The SMILES string of the molecule is CCCCC/C=C/C(O)C(COC1OC(CO)C(O)C(O)C1O)NC(=O)CCCCCCCC. The first-order valence-electron chi connectivity index (χ1n) is 12.9. The molecule has 1 amide bonds. The zero-order valence-electron chi connectivity index (χ0n) is 20.8. The van der Waals surface area contributed by atoms with Crippen molar-refractivity contribution in [2.75, 3.05) is 13.2 Å². The second-order valence-electron chi connectivity index (χ2n) is 9.14. The van der Waals surface area contributed by atoms with Crippen molar-refractivity contribution in [2.24, 2.45) is 0 Å². The summed E-state index contributed by atoms with van der Waals surface area (Å²) in [5.41, 5.74) is 0. The van der Waals surface area contributed by atoms with Gasteiger partial charge in [0.05, 0.1) is 25.4 Å². The third-order valence-electron chi connectivity index (χ3n) is 6.11. The van der Waals surface area contributed by atoms with E-state index in [0.29, 0.717) is 6.42 Å². The summed E-state index contributed by atoms with van der Waals surface area (Å²) in [5.74, 6) is -0.198. The van der Waals surface area contributed by atoms with Crippen LogP contribution in [-0.4, -0.2) is 87.5 Å². The molecule has 0 bridgehead atoms. The Labute approximate surface area is 204 Å². The summed E-state index contributed by atoms with van der Waals surface area (Å²) in [6.45, 7) is 3.52. The second kappa shape index (κ2) is 18.2. The van der Waals surface area contributed by atoms with Crippen molar-refractivity contribution in [2.45, 2.75) is 127 Å². The molecule has 7 atom stereocenters. The topological polar surface area (TPSA) is 149 Å². The summed E-state index contributed by atoms with van der Waals surface area (Å²) < 4.78 is 10.9. The summed E-state index contributed by atoms with van der Waals surface area (Å²) in [7, 11) is 0. The van der Waals surface area contributed by atoms with E-state index >= 15 is 0 Å². The normalized spacial score (nSPS) is 27.1. The molecule has 9 nitrogen and oxygen atoms in total. The van der Waals surface area contributed by atoms with Crippen LogP contribution in [0.5, 0.6) is 0 Å². The Balaban J connectivity index is 2.66. The minimum atomic E-state index is -1.56. The number of hydrogen-bond donors (Lipinski definition) is 6. The Morgan fingerprint density at radius 1 is 0.971 bits per heavy atom. The number of carbonyl (C=O) groups excluding carboxylic acids is 1. The van der Waals surface area contributed by atoms with Crippen molar-refractivity contribution in [1.82, 2.24) is 5.32 Å². The van der Waals surface area contributed by atoms with Gasteiger partial charge < -0.3 is 40.3 Å². The summed E-state index contributed by atoms with van der Waals surface area (Å²) in [4.78, 5) is 12.5. The van der Waals surface area contributed by atoms with Crippen LogP contribution in [0.1, 0.15) is 84.5 Å². The average molecular weight is 490 g/mol. The van der Waals surface area contributed by atoms with Crippen molar-refractivity contribution in [3.8, 4) is 0 Å². The van der Waals surface area contributed by atoms with E-state index in [-0.39, 0.29) is 12.5 Å².